The largest absolute Gasteiger partial charge is 0.480 e. The highest BCUT2D eigenvalue weighted by molar-refractivity contribution is 5.66. The standard InChI is InChI=1S/C26H24F4N6O2.C2H6/c1-4-15-9-14(10-17(27)20(15)24-34-18(11-36(24)2)26(28,29)30)12-38-19-7-8-31-23(35-19)21-22(16-5-6-16)32-13-33-25(21)37-3;1-2/h7-11,13,16H,4-6,12H2,1-3H3;1-2H3. The lowest BCUT2D eigenvalue weighted by Gasteiger charge is -2.14. The summed E-state index contributed by atoms with van der Waals surface area (Å²) >= 11 is 0. The van der Waals surface area contributed by atoms with E-state index in [1.807, 2.05) is 13.8 Å². The van der Waals surface area contributed by atoms with E-state index in [1.54, 1.807) is 25.3 Å². The molecule has 3 heterocycles. The van der Waals surface area contributed by atoms with Gasteiger partial charge in [0.15, 0.2) is 11.5 Å². The van der Waals surface area contributed by atoms with Crippen LogP contribution in [0.4, 0.5) is 17.6 Å². The van der Waals surface area contributed by atoms with Crippen molar-refractivity contribution in [3.8, 4) is 34.5 Å². The molecule has 0 amide bonds. The number of imidazole rings is 1. The Hall–Kier alpha value is -4.09. The molecule has 1 aliphatic carbocycles. The van der Waals surface area contributed by atoms with Gasteiger partial charge in [-0.1, -0.05) is 26.8 Å². The second-order valence-electron chi connectivity index (χ2n) is 8.95. The van der Waals surface area contributed by atoms with Gasteiger partial charge in [0.25, 0.3) is 0 Å². The number of benzene rings is 1. The van der Waals surface area contributed by atoms with Gasteiger partial charge in [-0.3, -0.25) is 0 Å². The number of alkyl halides is 3. The predicted molar refractivity (Wildman–Crippen MR) is 140 cm³/mol. The van der Waals surface area contributed by atoms with E-state index in [1.165, 1.54) is 31.1 Å². The number of aromatic nitrogens is 6. The van der Waals surface area contributed by atoms with Crippen LogP contribution in [0, 0.1) is 5.82 Å². The number of rotatable bonds is 8. The zero-order valence-corrected chi connectivity index (χ0v) is 22.9. The third kappa shape index (κ3) is 6.05. The summed E-state index contributed by atoms with van der Waals surface area (Å²) in [6.45, 7) is 5.77. The van der Waals surface area contributed by atoms with Crippen LogP contribution >= 0.6 is 0 Å². The van der Waals surface area contributed by atoms with Crippen molar-refractivity contribution in [2.75, 3.05) is 7.11 Å². The van der Waals surface area contributed by atoms with Gasteiger partial charge < -0.3 is 14.0 Å². The van der Waals surface area contributed by atoms with Crippen LogP contribution in [-0.2, 0) is 26.3 Å². The summed E-state index contributed by atoms with van der Waals surface area (Å²) in [4.78, 5) is 21.1. The zero-order chi connectivity index (χ0) is 29.0. The average molecular weight is 559 g/mol. The molecule has 0 atom stereocenters. The molecule has 3 aromatic heterocycles. The van der Waals surface area contributed by atoms with Crippen molar-refractivity contribution < 1.29 is 27.0 Å². The fourth-order valence-corrected chi connectivity index (χ4v) is 4.29. The van der Waals surface area contributed by atoms with E-state index >= 15 is 4.39 Å². The minimum Gasteiger partial charge on any atom is -0.480 e. The maximum absolute atomic E-state index is 15.2. The molecular formula is C28H30F4N6O2. The molecule has 8 nitrogen and oxygen atoms in total. The molecule has 5 rings (SSSR count). The van der Waals surface area contributed by atoms with Gasteiger partial charge >= 0.3 is 6.18 Å². The van der Waals surface area contributed by atoms with Crippen LogP contribution < -0.4 is 9.47 Å². The van der Waals surface area contributed by atoms with E-state index in [4.69, 9.17) is 9.47 Å². The number of hydrogen-bond acceptors (Lipinski definition) is 7. The smallest absolute Gasteiger partial charge is 0.434 e. The van der Waals surface area contributed by atoms with Gasteiger partial charge in [0.2, 0.25) is 11.8 Å². The SMILES string of the molecule is CC.CCc1cc(COc2ccnc(-c3c(OC)ncnc3C3CC3)n2)cc(F)c1-c1nc(C(F)(F)F)cn1C. The summed E-state index contributed by atoms with van der Waals surface area (Å²) in [6, 6.07) is 4.51. The summed E-state index contributed by atoms with van der Waals surface area (Å²) in [7, 11) is 2.92. The van der Waals surface area contributed by atoms with Gasteiger partial charge in [-0.2, -0.15) is 18.2 Å². The Morgan fingerprint density at radius 1 is 1.05 bits per heavy atom. The van der Waals surface area contributed by atoms with Gasteiger partial charge in [0.1, 0.15) is 30.1 Å². The summed E-state index contributed by atoms with van der Waals surface area (Å²) in [5.74, 6) is 0.498. The number of aryl methyl sites for hydroxylation is 2. The highest BCUT2D eigenvalue weighted by atomic mass is 19.4. The van der Waals surface area contributed by atoms with Crippen LogP contribution in [0.2, 0.25) is 0 Å². The molecule has 1 saturated carbocycles. The van der Waals surface area contributed by atoms with Crippen LogP contribution in [0.1, 0.15) is 62.0 Å². The molecule has 1 aromatic carbocycles. The Kier molecular flexibility index (Phi) is 8.65. The van der Waals surface area contributed by atoms with Gasteiger partial charge in [-0.15, -0.1) is 0 Å². The van der Waals surface area contributed by atoms with Crippen molar-refractivity contribution in [2.45, 2.75) is 58.7 Å². The van der Waals surface area contributed by atoms with E-state index in [0.29, 0.717) is 40.7 Å². The maximum Gasteiger partial charge on any atom is 0.434 e. The third-order valence-electron chi connectivity index (χ3n) is 6.24. The van der Waals surface area contributed by atoms with Crippen molar-refractivity contribution in [1.29, 1.82) is 0 Å². The molecule has 40 heavy (non-hydrogen) atoms. The first-order valence-electron chi connectivity index (χ1n) is 13.0. The second-order valence-corrected chi connectivity index (χ2v) is 8.95. The van der Waals surface area contributed by atoms with E-state index in [2.05, 4.69) is 24.9 Å². The van der Waals surface area contributed by atoms with E-state index in [0.717, 1.165) is 24.7 Å². The molecule has 4 aromatic rings. The van der Waals surface area contributed by atoms with Crippen molar-refractivity contribution in [1.82, 2.24) is 29.5 Å². The molecule has 0 unspecified atom stereocenters. The predicted octanol–water partition coefficient (Wildman–Crippen LogP) is 6.55. The minimum atomic E-state index is -4.63. The number of methoxy groups -OCH3 is 1. The molecular weight excluding hydrogens is 528 g/mol. The molecule has 212 valence electrons. The van der Waals surface area contributed by atoms with E-state index in [-0.39, 0.29) is 23.9 Å². The molecule has 1 aliphatic rings. The highest BCUT2D eigenvalue weighted by Gasteiger charge is 2.35. The number of ether oxygens (including phenoxy) is 2. The summed E-state index contributed by atoms with van der Waals surface area (Å²) < 4.78 is 67.1. The molecule has 0 spiro atoms. The lowest BCUT2D eigenvalue weighted by Crippen LogP contribution is -2.06. The topological polar surface area (TPSA) is 87.8 Å². The van der Waals surface area contributed by atoms with Crippen LogP contribution in [0.25, 0.3) is 22.8 Å². The van der Waals surface area contributed by atoms with E-state index < -0.39 is 17.7 Å². The molecule has 12 heteroatoms. The number of hydrogen-bond donors (Lipinski definition) is 0. The third-order valence-corrected chi connectivity index (χ3v) is 6.24. The number of nitrogens with zero attached hydrogens (tertiary/aromatic N) is 6. The van der Waals surface area contributed by atoms with Crippen molar-refractivity contribution >= 4 is 0 Å². The van der Waals surface area contributed by atoms with Crippen LogP contribution in [0.5, 0.6) is 11.8 Å². The van der Waals surface area contributed by atoms with Crippen LogP contribution in [-0.4, -0.2) is 36.6 Å². The Balaban J connectivity index is 0.00000181. The van der Waals surface area contributed by atoms with Gasteiger partial charge in [-0.05, 0) is 36.5 Å². The van der Waals surface area contributed by atoms with Gasteiger partial charge in [0.05, 0.1) is 18.4 Å². The monoisotopic (exact) mass is 558 g/mol. The van der Waals surface area contributed by atoms with Crippen molar-refractivity contribution in [2.24, 2.45) is 7.05 Å². The first-order chi connectivity index (χ1) is 19.2. The Morgan fingerprint density at radius 3 is 2.42 bits per heavy atom. The number of halogens is 4. The lowest BCUT2D eigenvalue weighted by atomic mass is 10.0. The first kappa shape index (κ1) is 28.9. The summed E-state index contributed by atoms with van der Waals surface area (Å²) in [5.41, 5.74) is 1.39. The Labute approximate surface area is 229 Å². The van der Waals surface area contributed by atoms with Gasteiger partial charge in [-0.25, -0.2) is 24.3 Å². The van der Waals surface area contributed by atoms with Crippen LogP contribution in [0.3, 0.4) is 0 Å². The van der Waals surface area contributed by atoms with Crippen molar-refractivity contribution in [3.05, 3.63) is 65.3 Å². The van der Waals surface area contributed by atoms with E-state index in [9.17, 15) is 13.2 Å². The quantitative estimate of drug-likeness (QED) is 0.227. The molecule has 0 saturated heterocycles. The fraction of sp³-hybridized carbons (Fsp3) is 0.393. The molecule has 1 fully saturated rings. The molecule has 0 radical (unpaired) electrons. The minimum absolute atomic E-state index is 0.0209. The Morgan fingerprint density at radius 2 is 1.80 bits per heavy atom. The summed E-state index contributed by atoms with van der Waals surface area (Å²) in [5, 5.41) is 0. The van der Waals surface area contributed by atoms with Crippen LogP contribution in [0.15, 0.2) is 36.9 Å². The lowest BCUT2D eigenvalue weighted by molar-refractivity contribution is -0.140. The molecule has 0 N–H and O–H groups in total. The molecule has 0 bridgehead atoms. The average Bonchev–Trinajstić information content (AvgIpc) is 3.73. The van der Waals surface area contributed by atoms with Gasteiger partial charge in [0, 0.05) is 31.4 Å². The molecule has 0 aliphatic heterocycles. The fourth-order valence-electron chi connectivity index (χ4n) is 4.29. The maximum atomic E-state index is 15.2. The Bertz CT molecular complexity index is 1480. The second kappa shape index (κ2) is 12.0. The first-order valence-corrected chi connectivity index (χ1v) is 13.0. The zero-order valence-electron chi connectivity index (χ0n) is 22.9. The summed E-state index contributed by atoms with van der Waals surface area (Å²) in [6.07, 6.45) is 1.62. The van der Waals surface area contributed by atoms with Crippen molar-refractivity contribution in [3.63, 3.8) is 0 Å². The highest BCUT2D eigenvalue weighted by Crippen LogP contribution is 2.45. The normalized spacial score (nSPS) is 13.0.